The number of hydrogen-bond donors (Lipinski definition) is 2. The van der Waals surface area contributed by atoms with Crippen LogP contribution < -0.4 is 21.0 Å². The number of nitrogens with zero attached hydrogens (tertiary/aromatic N) is 4. The number of furan rings is 1. The van der Waals surface area contributed by atoms with Crippen LogP contribution >= 0.6 is 12.2 Å². The van der Waals surface area contributed by atoms with Crippen LogP contribution in [0.5, 0.6) is 0 Å². The number of pyridine rings is 1. The molecule has 0 aliphatic carbocycles. The Bertz CT molecular complexity index is 1030. The van der Waals surface area contributed by atoms with E-state index >= 15 is 0 Å². The van der Waals surface area contributed by atoms with Crippen molar-refractivity contribution >= 4 is 35.1 Å². The van der Waals surface area contributed by atoms with E-state index in [1.165, 1.54) is 18.3 Å². The fourth-order valence-electron chi connectivity index (χ4n) is 3.30. The maximum Gasteiger partial charge on any atom is 0.184 e. The van der Waals surface area contributed by atoms with Crippen LogP contribution in [0.15, 0.2) is 64.2 Å². The molecule has 1 fully saturated rings. The summed E-state index contributed by atoms with van der Waals surface area (Å²) in [5.74, 6) is 1.99. The van der Waals surface area contributed by atoms with Crippen LogP contribution in [-0.2, 0) is 0 Å². The Morgan fingerprint density at radius 3 is 2.47 bits per heavy atom. The van der Waals surface area contributed by atoms with Gasteiger partial charge in [-0.2, -0.15) is 5.10 Å². The molecule has 3 heterocycles. The summed E-state index contributed by atoms with van der Waals surface area (Å²) in [4.78, 5) is 9.09. The monoisotopic (exact) mass is 424 g/mol. The molecule has 1 aliphatic rings. The van der Waals surface area contributed by atoms with Gasteiger partial charge in [0.15, 0.2) is 5.11 Å². The van der Waals surface area contributed by atoms with Crippen molar-refractivity contribution in [2.24, 2.45) is 10.8 Å². The number of hydrazone groups is 1. The van der Waals surface area contributed by atoms with Gasteiger partial charge in [0.1, 0.15) is 23.2 Å². The van der Waals surface area contributed by atoms with E-state index in [1.54, 1.807) is 6.20 Å². The number of anilines is 2. The van der Waals surface area contributed by atoms with Gasteiger partial charge in [0.2, 0.25) is 0 Å². The highest BCUT2D eigenvalue weighted by Crippen LogP contribution is 2.24. The van der Waals surface area contributed by atoms with Crippen LogP contribution in [0.3, 0.4) is 0 Å². The molecule has 7 nitrogen and oxygen atoms in total. The third-order valence-electron chi connectivity index (χ3n) is 4.82. The smallest absolute Gasteiger partial charge is 0.184 e. The second kappa shape index (κ2) is 8.91. The van der Waals surface area contributed by atoms with E-state index in [0.29, 0.717) is 11.5 Å². The van der Waals surface area contributed by atoms with E-state index < -0.39 is 0 Å². The van der Waals surface area contributed by atoms with Gasteiger partial charge in [-0.05, 0) is 60.7 Å². The highest BCUT2D eigenvalue weighted by molar-refractivity contribution is 7.80. The molecule has 0 unspecified atom stereocenters. The first-order chi connectivity index (χ1) is 14.6. The normalized spacial score (nSPS) is 14.3. The number of thiocarbonyl (C=S) groups is 1. The topological polar surface area (TPSA) is 82.9 Å². The summed E-state index contributed by atoms with van der Waals surface area (Å²) < 4.78 is 18.9. The summed E-state index contributed by atoms with van der Waals surface area (Å²) in [5.41, 5.74) is 9.72. The number of aromatic nitrogens is 1. The lowest BCUT2D eigenvalue weighted by atomic mass is 10.2. The van der Waals surface area contributed by atoms with Gasteiger partial charge in [-0.25, -0.2) is 9.37 Å². The summed E-state index contributed by atoms with van der Waals surface area (Å²) in [7, 11) is 0. The van der Waals surface area contributed by atoms with Crippen molar-refractivity contribution in [3.05, 3.63) is 66.3 Å². The van der Waals surface area contributed by atoms with Crippen LogP contribution in [0.1, 0.15) is 5.76 Å². The van der Waals surface area contributed by atoms with Gasteiger partial charge < -0.3 is 20.0 Å². The fourth-order valence-corrected chi connectivity index (χ4v) is 3.35. The predicted octanol–water partition coefficient (Wildman–Crippen LogP) is 2.97. The highest BCUT2D eigenvalue weighted by atomic mass is 32.1. The van der Waals surface area contributed by atoms with E-state index in [2.05, 4.69) is 37.5 Å². The number of rotatable bonds is 5. The molecule has 30 heavy (non-hydrogen) atoms. The maximum absolute atomic E-state index is 13.1. The van der Waals surface area contributed by atoms with Crippen molar-refractivity contribution in [3.63, 3.8) is 0 Å². The standard InChI is InChI=1S/C21H21FN6OS/c22-16-2-4-17(5-3-16)27-9-11-28(12-10-27)20-8-1-15(13-24-20)19-7-6-18(29-19)14-25-26-21(23)30/h1-8,13-14H,9-12H2,(H3,23,26,30). The second-order valence-corrected chi connectivity index (χ2v) is 7.23. The van der Waals surface area contributed by atoms with E-state index in [9.17, 15) is 4.39 Å². The zero-order chi connectivity index (χ0) is 20.9. The summed E-state index contributed by atoms with van der Waals surface area (Å²) in [6.07, 6.45) is 3.31. The van der Waals surface area contributed by atoms with Crippen LogP contribution in [0, 0.1) is 5.82 Å². The summed E-state index contributed by atoms with van der Waals surface area (Å²) in [5, 5.41) is 3.97. The molecule has 1 saturated heterocycles. The largest absolute Gasteiger partial charge is 0.455 e. The molecule has 4 rings (SSSR count). The zero-order valence-corrected chi connectivity index (χ0v) is 17.0. The molecule has 2 aromatic heterocycles. The Balaban J connectivity index is 1.36. The Morgan fingerprint density at radius 1 is 1.07 bits per heavy atom. The van der Waals surface area contributed by atoms with Gasteiger partial charge in [0, 0.05) is 43.6 Å². The molecule has 0 atom stereocenters. The van der Waals surface area contributed by atoms with Gasteiger partial charge >= 0.3 is 0 Å². The van der Waals surface area contributed by atoms with Crippen LogP contribution in [-0.4, -0.2) is 42.5 Å². The van der Waals surface area contributed by atoms with E-state index in [1.807, 2.05) is 36.4 Å². The van der Waals surface area contributed by atoms with Crippen LogP contribution in [0.2, 0.25) is 0 Å². The van der Waals surface area contributed by atoms with E-state index in [-0.39, 0.29) is 10.9 Å². The molecule has 0 bridgehead atoms. The van der Waals surface area contributed by atoms with Crippen molar-refractivity contribution in [1.82, 2.24) is 10.4 Å². The lowest BCUT2D eigenvalue weighted by molar-refractivity contribution is 0.574. The van der Waals surface area contributed by atoms with Crippen LogP contribution in [0.4, 0.5) is 15.9 Å². The fraction of sp³-hybridized carbons (Fsp3) is 0.190. The molecule has 1 aromatic carbocycles. The van der Waals surface area contributed by atoms with Gasteiger partial charge in [-0.3, -0.25) is 5.43 Å². The molecule has 0 amide bonds. The van der Waals surface area contributed by atoms with Gasteiger partial charge in [0.25, 0.3) is 0 Å². The Labute approximate surface area is 179 Å². The molecule has 3 aromatic rings. The number of nitrogens with two attached hydrogens (primary N) is 1. The molecule has 3 N–H and O–H groups in total. The first-order valence-corrected chi connectivity index (χ1v) is 9.89. The molecule has 0 saturated carbocycles. The third-order valence-corrected chi connectivity index (χ3v) is 4.91. The van der Waals surface area contributed by atoms with Gasteiger partial charge in [-0.1, -0.05) is 0 Å². The lowest BCUT2D eigenvalue weighted by Gasteiger charge is -2.36. The minimum atomic E-state index is -0.214. The van der Waals surface area contributed by atoms with Gasteiger partial charge in [0.05, 0.1) is 6.21 Å². The maximum atomic E-state index is 13.1. The molecule has 154 valence electrons. The second-order valence-electron chi connectivity index (χ2n) is 6.79. The first-order valence-electron chi connectivity index (χ1n) is 9.49. The lowest BCUT2D eigenvalue weighted by Crippen LogP contribution is -2.46. The number of benzene rings is 1. The molecule has 1 aliphatic heterocycles. The minimum Gasteiger partial charge on any atom is -0.455 e. The summed E-state index contributed by atoms with van der Waals surface area (Å²) in [6.45, 7) is 3.41. The average Bonchev–Trinajstić information content (AvgIpc) is 3.23. The number of piperazine rings is 1. The quantitative estimate of drug-likeness (QED) is 0.370. The Kier molecular flexibility index (Phi) is 5.89. The number of nitrogens with one attached hydrogen (secondary N) is 1. The molecule has 9 heteroatoms. The molecular formula is C21H21FN6OS. The zero-order valence-electron chi connectivity index (χ0n) is 16.2. The van der Waals surface area contributed by atoms with Crippen molar-refractivity contribution in [2.75, 3.05) is 36.0 Å². The van der Waals surface area contributed by atoms with Crippen molar-refractivity contribution in [2.45, 2.75) is 0 Å². The van der Waals surface area contributed by atoms with Crippen molar-refractivity contribution < 1.29 is 8.81 Å². The first kappa shape index (κ1) is 19.8. The molecule has 0 spiro atoms. The number of halogens is 1. The third kappa shape index (κ3) is 4.74. The van der Waals surface area contributed by atoms with Crippen molar-refractivity contribution in [1.29, 1.82) is 0 Å². The minimum absolute atomic E-state index is 0.0938. The summed E-state index contributed by atoms with van der Waals surface area (Å²) >= 11 is 4.69. The van der Waals surface area contributed by atoms with Crippen LogP contribution in [0.25, 0.3) is 11.3 Å². The van der Waals surface area contributed by atoms with Crippen molar-refractivity contribution in [3.8, 4) is 11.3 Å². The Hall–Kier alpha value is -3.46. The number of hydrogen-bond acceptors (Lipinski definition) is 6. The van der Waals surface area contributed by atoms with E-state index in [4.69, 9.17) is 10.2 Å². The average molecular weight is 425 g/mol. The van der Waals surface area contributed by atoms with E-state index in [0.717, 1.165) is 43.2 Å². The molecular weight excluding hydrogens is 403 g/mol. The Morgan fingerprint density at radius 2 is 1.80 bits per heavy atom. The SMILES string of the molecule is NC(=S)NN=Cc1ccc(-c2ccc(N3CCN(c4ccc(F)cc4)CC3)nc2)o1. The van der Waals surface area contributed by atoms with Gasteiger partial charge in [-0.15, -0.1) is 0 Å². The molecule has 0 radical (unpaired) electrons. The highest BCUT2D eigenvalue weighted by Gasteiger charge is 2.18. The predicted molar refractivity (Wildman–Crippen MR) is 120 cm³/mol. The summed E-state index contributed by atoms with van der Waals surface area (Å²) in [6, 6.07) is 14.3.